The molecule has 1 aromatic carbocycles. The second kappa shape index (κ2) is 7.39. The van der Waals surface area contributed by atoms with Crippen molar-refractivity contribution in [2.45, 2.75) is 32.8 Å². The zero-order chi connectivity index (χ0) is 16.1. The zero-order valence-electron chi connectivity index (χ0n) is 13.2. The van der Waals surface area contributed by atoms with E-state index < -0.39 is 0 Å². The maximum Gasteiger partial charge on any atom is 0.241 e. The molecule has 1 amide bonds. The summed E-state index contributed by atoms with van der Waals surface area (Å²) in [5.41, 5.74) is 3.14. The standard InChI is InChI=1S/C17H23N3O2/c1-13-4-5-15(10-14(13)2)20(8-3-7-18)17(22)12-19-9-6-16(21)11-19/h4-5,10,16,21H,3,6,8-9,11-12H2,1-2H3/t16-/m1/s1. The van der Waals surface area contributed by atoms with Crippen LogP contribution in [0.1, 0.15) is 24.0 Å². The SMILES string of the molecule is Cc1ccc(N(CCC#N)C(=O)CN2CC[C@@H](O)C2)cc1C. The number of benzene rings is 1. The van der Waals surface area contributed by atoms with Gasteiger partial charge in [0.15, 0.2) is 0 Å². The summed E-state index contributed by atoms with van der Waals surface area (Å²) in [5.74, 6) is -0.0207. The molecule has 0 unspecified atom stereocenters. The van der Waals surface area contributed by atoms with Gasteiger partial charge in [0.2, 0.25) is 5.91 Å². The Labute approximate surface area is 131 Å². The number of aryl methyl sites for hydroxylation is 2. The second-order valence-corrected chi connectivity index (χ2v) is 5.90. The number of carbonyl (C=O) groups is 1. The molecule has 2 rings (SSSR count). The van der Waals surface area contributed by atoms with Crippen LogP contribution < -0.4 is 4.90 Å². The average molecular weight is 301 g/mol. The highest BCUT2D eigenvalue weighted by Gasteiger charge is 2.25. The number of aliphatic hydroxyl groups is 1. The molecule has 0 radical (unpaired) electrons. The molecule has 5 heteroatoms. The lowest BCUT2D eigenvalue weighted by atomic mass is 10.1. The van der Waals surface area contributed by atoms with Crippen molar-refractivity contribution in [3.8, 4) is 6.07 Å². The van der Waals surface area contributed by atoms with Crippen molar-refractivity contribution in [2.75, 3.05) is 31.1 Å². The van der Waals surface area contributed by atoms with Crippen LogP contribution in [0.5, 0.6) is 0 Å². The van der Waals surface area contributed by atoms with E-state index in [9.17, 15) is 9.90 Å². The zero-order valence-corrected chi connectivity index (χ0v) is 13.2. The third-order valence-corrected chi connectivity index (χ3v) is 4.16. The van der Waals surface area contributed by atoms with Crippen LogP contribution in [0.25, 0.3) is 0 Å². The number of amides is 1. The van der Waals surface area contributed by atoms with E-state index in [0.717, 1.165) is 24.2 Å². The van der Waals surface area contributed by atoms with Crippen molar-refractivity contribution in [1.29, 1.82) is 5.26 Å². The maximum atomic E-state index is 12.6. The van der Waals surface area contributed by atoms with E-state index >= 15 is 0 Å². The van der Waals surface area contributed by atoms with Gasteiger partial charge in [0.05, 0.1) is 25.1 Å². The van der Waals surface area contributed by atoms with E-state index in [2.05, 4.69) is 6.07 Å². The van der Waals surface area contributed by atoms with Crippen LogP contribution in [0, 0.1) is 25.2 Å². The molecule has 1 atom stereocenters. The molecule has 1 N–H and O–H groups in total. The summed E-state index contributed by atoms with van der Waals surface area (Å²) < 4.78 is 0. The number of aliphatic hydroxyl groups excluding tert-OH is 1. The minimum atomic E-state index is -0.332. The third kappa shape index (κ3) is 4.06. The Kier molecular flexibility index (Phi) is 5.53. The lowest BCUT2D eigenvalue weighted by Crippen LogP contribution is -2.40. The van der Waals surface area contributed by atoms with Gasteiger partial charge >= 0.3 is 0 Å². The van der Waals surface area contributed by atoms with Crippen LogP contribution >= 0.6 is 0 Å². The molecule has 0 spiro atoms. The number of anilines is 1. The van der Waals surface area contributed by atoms with Gasteiger partial charge in [-0.15, -0.1) is 0 Å². The molecule has 22 heavy (non-hydrogen) atoms. The summed E-state index contributed by atoms with van der Waals surface area (Å²) in [6.45, 7) is 6.02. The number of carbonyl (C=O) groups excluding carboxylic acids is 1. The van der Waals surface area contributed by atoms with E-state index in [1.54, 1.807) is 4.90 Å². The molecule has 0 bridgehead atoms. The van der Waals surface area contributed by atoms with Crippen LogP contribution in [0.15, 0.2) is 18.2 Å². The Morgan fingerprint density at radius 3 is 2.82 bits per heavy atom. The topological polar surface area (TPSA) is 67.6 Å². The molecule has 0 saturated carbocycles. The van der Waals surface area contributed by atoms with E-state index in [-0.39, 0.29) is 18.6 Å². The van der Waals surface area contributed by atoms with Crippen molar-refractivity contribution in [2.24, 2.45) is 0 Å². The molecular weight excluding hydrogens is 278 g/mol. The normalized spacial score (nSPS) is 18.2. The number of rotatable bonds is 5. The van der Waals surface area contributed by atoms with Gasteiger partial charge in [-0.3, -0.25) is 9.69 Å². The maximum absolute atomic E-state index is 12.6. The molecule has 0 aromatic heterocycles. The molecular formula is C17H23N3O2. The lowest BCUT2D eigenvalue weighted by molar-refractivity contribution is -0.119. The predicted octanol–water partition coefficient (Wildman–Crippen LogP) is 1.62. The van der Waals surface area contributed by atoms with Gasteiger partial charge in [0.25, 0.3) is 0 Å². The minimum Gasteiger partial charge on any atom is -0.392 e. The number of likely N-dealkylation sites (tertiary alicyclic amines) is 1. The quantitative estimate of drug-likeness (QED) is 0.897. The first-order chi connectivity index (χ1) is 10.5. The molecule has 118 valence electrons. The number of hydrogen-bond acceptors (Lipinski definition) is 4. The van der Waals surface area contributed by atoms with Gasteiger partial charge < -0.3 is 10.0 Å². The Morgan fingerprint density at radius 2 is 2.23 bits per heavy atom. The highest BCUT2D eigenvalue weighted by Crippen LogP contribution is 2.20. The minimum absolute atomic E-state index is 0.0207. The monoisotopic (exact) mass is 301 g/mol. The molecule has 1 aliphatic heterocycles. The van der Waals surface area contributed by atoms with Crippen LogP contribution in [-0.2, 0) is 4.79 Å². The van der Waals surface area contributed by atoms with E-state index in [0.29, 0.717) is 19.5 Å². The molecule has 5 nitrogen and oxygen atoms in total. The summed E-state index contributed by atoms with van der Waals surface area (Å²) in [6.07, 6.45) is 0.693. The van der Waals surface area contributed by atoms with Gasteiger partial charge in [-0.1, -0.05) is 6.07 Å². The van der Waals surface area contributed by atoms with Crippen LogP contribution in [0.4, 0.5) is 5.69 Å². The molecule has 1 heterocycles. The van der Waals surface area contributed by atoms with Gasteiger partial charge in [0, 0.05) is 25.3 Å². The van der Waals surface area contributed by atoms with E-state index in [4.69, 9.17) is 5.26 Å². The fraction of sp³-hybridized carbons (Fsp3) is 0.529. The number of hydrogen-bond donors (Lipinski definition) is 1. The van der Waals surface area contributed by atoms with Crippen LogP contribution in [0.3, 0.4) is 0 Å². The highest BCUT2D eigenvalue weighted by molar-refractivity contribution is 5.95. The third-order valence-electron chi connectivity index (χ3n) is 4.16. The second-order valence-electron chi connectivity index (χ2n) is 5.90. The van der Waals surface area contributed by atoms with Crippen LogP contribution in [0.2, 0.25) is 0 Å². The molecule has 1 aromatic rings. The van der Waals surface area contributed by atoms with Gasteiger partial charge in [-0.25, -0.2) is 0 Å². The molecule has 1 aliphatic rings. The number of nitriles is 1. The summed E-state index contributed by atoms with van der Waals surface area (Å²) in [6, 6.07) is 8.02. The Morgan fingerprint density at radius 1 is 1.45 bits per heavy atom. The van der Waals surface area contributed by atoms with Gasteiger partial charge in [-0.05, 0) is 43.5 Å². The average Bonchev–Trinajstić information content (AvgIpc) is 2.88. The summed E-state index contributed by atoms with van der Waals surface area (Å²) >= 11 is 0. The van der Waals surface area contributed by atoms with Crippen molar-refractivity contribution in [3.63, 3.8) is 0 Å². The largest absolute Gasteiger partial charge is 0.392 e. The molecule has 0 aliphatic carbocycles. The van der Waals surface area contributed by atoms with Gasteiger partial charge in [-0.2, -0.15) is 5.26 Å². The van der Waals surface area contributed by atoms with Crippen molar-refractivity contribution < 1.29 is 9.90 Å². The Bertz CT molecular complexity index is 580. The molecule has 1 saturated heterocycles. The Balaban J connectivity index is 2.12. The van der Waals surface area contributed by atoms with Crippen molar-refractivity contribution >= 4 is 11.6 Å². The fourth-order valence-electron chi connectivity index (χ4n) is 2.69. The Hall–Kier alpha value is -1.90. The highest BCUT2D eigenvalue weighted by atomic mass is 16.3. The first-order valence-electron chi connectivity index (χ1n) is 7.66. The first-order valence-corrected chi connectivity index (χ1v) is 7.66. The summed E-state index contributed by atoms with van der Waals surface area (Å²) in [7, 11) is 0. The first kappa shape index (κ1) is 16.5. The predicted molar refractivity (Wildman–Crippen MR) is 85.6 cm³/mol. The van der Waals surface area contributed by atoms with Crippen molar-refractivity contribution in [1.82, 2.24) is 4.90 Å². The number of β-amino-alcohol motifs (C(OH)–C–C–N with tert-alkyl or cyclic N) is 1. The lowest BCUT2D eigenvalue weighted by Gasteiger charge is -2.25. The van der Waals surface area contributed by atoms with Crippen molar-refractivity contribution in [3.05, 3.63) is 29.3 Å². The van der Waals surface area contributed by atoms with E-state index in [1.165, 1.54) is 5.56 Å². The smallest absolute Gasteiger partial charge is 0.241 e. The fourth-order valence-corrected chi connectivity index (χ4v) is 2.69. The molecule has 1 fully saturated rings. The number of nitrogens with zero attached hydrogens (tertiary/aromatic N) is 3. The van der Waals surface area contributed by atoms with Crippen LogP contribution in [-0.4, -0.2) is 48.2 Å². The summed E-state index contributed by atoms with van der Waals surface area (Å²) in [5, 5.41) is 18.4. The van der Waals surface area contributed by atoms with Gasteiger partial charge in [0.1, 0.15) is 0 Å². The summed E-state index contributed by atoms with van der Waals surface area (Å²) in [4.78, 5) is 16.2. The van der Waals surface area contributed by atoms with E-state index in [1.807, 2.05) is 36.9 Å².